The van der Waals surface area contributed by atoms with Crippen molar-refractivity contribution in [2.24, 2.45) is 0 Å². The molecule has 0 saturated heterocycles. The standard InChI is InChI=1S/C22H18ClFN4O3/c1-14-3-2-4-17(9-14)30-12-18-7-8-20(31-18)21(29)26-22-25-13-28(27-22)11-15-5-6-16(24)10-19(15)23/h2-10,13H,11-12H2,1H3,(H,26,27,29). The molecule has 0 fully saturated rings. The summed E-state index contributed by atoms with van der Waals surface area (Å²) in [5.41, 5.74) is 1.76. The van der Waals surface area contributed by atoms with Crippen LogP contribution in [0.1, 0.15) is 27.4 Å². The van der Waals surface area contributed by atoms with Gasteiger partial charge in [-0.2, -0.15) is 0 Å². The quantitative estimate of drug-likeness (QED) is 0.444. The summed E-state index contributed by atoms with van der Waals surface area (Å²) in [4.78, 5) is 16.5. The molecule has 0 aliphatic heterocycles. The van der Waals surface area contributed by atoms with E-state index in [-0.39, 0.29) is 29.9 Å². The van der Waals surface area contributed by atoms with Crippen LogP contribution in [0.3, 0.4) is 0 Å². The maximum atomic E-state index is 13.2. The van der Waals surface area contributed by atoms with Gasteiger partial charge in [0.05, 0.1) is 6.54 Å². The molecule has 158 valence electrons. The van der Waals surface area contributed by atoms with Gasteiger partial charge < -0.3 is 9.15 Å². The molecule has 0 radical (unpaired) electrons. The van der Waals surface area contributed by atoms with Crippen molar-refractivity contribution in [2.75, 3.05) is 5.32 Å². The lowest BCUT2D eigenvalue weighted by molar-refractivity contribution is 0.0991. The SMILES string of the molecule is Cc1cccc(OCc2ccc(C(=O)Nc3ncn(Cc4ccc(F)cc4Cl)n3)o2)c1. The number of nitrogens with one attached hydrogen (secondary N) is 1. The molecule has 0 spiro atoms. The predicted molar refractivity (Wildman–Crippen MR) is 113 cm³/mol. The van der Waals surface area contributed by atoms with Crippen LogP contribution in [-0.2, 0) is 13.2 Å². The number of halogens is 2. The second kappa shape index (κ2) is 9.01. The van der Waals surface area contributed by atoms with Gasteiger partial charge in [-0.05, 0) is 54.4 Å². The number of amides is 1. The predicted octanol–water partition coefficient (Wildman–Crippen LogP) is 4.85. The molecule has 0 aliphatic rings. The number of nitrogens with zero attached hydrogens (tertiary/aromatic N) is 3. The number of carbonyl (C=O) groups is 1. The molecule has 4 rings (SSSR count). The first-order chi connectivity index (χ1) is 15.0. The van der Waals surface area contributed by atoms with Crippen LogP contribution in [0.2, 0.25) is 5.02 Å². The molecule has 31 heavy (non-hydrogen) atoms. The minimum absolute atomic E-state index is 0.109. The van der Waals surface area contributed by atoms with Crippen molar-refractivity contribution in [3.05, 3.63) is 94.4 Å². The number of aromatic nitrogens is 3. The molecule has 0 unspecified atom stereocenters. The van der Waals surface area contributed by atoms with Crippen LogP contribution in [0, 0.1) is 12.7 Å². The number of hydrogen-bond donors (Lipinski definition) is 1. The Balaban J connectivity index is 1.34. The highest BCUT2D eigenvalue weighted by atomic mass is 35.5. The average molecular weight is 441 g/mol. The first-order valence-electron chi connectivity index (χ1n) is 9.39. The van der Waals surface area contributed by atoms with Crippen LogP contribution in [0.25, 0.3) is 0 Å². The fourth-order valence-corrected chi connectivity index (χ4v) is 3.08. The lowest BCUT2D eigenvalue weighted by atomic mass is 10.2. The van der Waals surface area contributed by atoms with Crippen molar-refractivity contribution in [1.82, 2.24) is 14.8 Å². The van der Waals surface area contributed by atoms with E-state index in [1.165, 1.54) is 23.1 Å². The van der Waals surface area contributed by atoms with E-state index in [0.717, 1.165) is 11.3 Å². The molecule has 1 N–H and O–H groups in total. The molecule has 0 atom stereocenters. The van der Waals surface area contributed by atoms with E-state index in [1.54, 1.807) is 18.2 Å². The number of rotatable bonds is 7. The lowest BCUT2D eigenvalue weighted by Crippen LogP contribution is -2.12. The summed E-state index contributed by atoms with van der Waals surface area (Å²) in [6, 6.07) is 15.0. The van der Waals surface area contributed by atoms with Gasteiger partial charge >= 0.3 is 0 Å². The number of hydrogen-bond acceptors (Lipinski definition) is 5. The lowest BCUT2D eigenvalue weighted by Gasteiger charge is -2.04. The Hall–Kier alpha value is -3.65. The van der Waals surface area contributed by atoms with E-state index in [2.05, 4.69) is 15.4 Å². The molecule has 0 bridgehead atoms. The van der Waals surface area contributed by atoms with Crippen molar-refractivity contribution in [3.8, 4) is 5.75 Å². The highest BCUT2D eigenvalue weighted by Crippen LogP contribution is 2.19. The van der Waals surface area contributed by atoms with E-state index < -0.39 is 11.7 Å². The Labute approximate surface area is 182 Å². The Morgan fingerprint density at radius 3 is 2.90 bits per heavy atom. The Kier molecular flexibility index (Phi) is 5.99. The summed E-state index contributed by atoms with van der Waals surface area (Å²) >= 11 is 6.03. The van der Waals surface area contributed by atoms with Gasteiger partial charge in [-0.1, -0.05) is 29.8 Å². The molecule has 2 heterocycles. The Bertz CT molecular complexity index is 1220. The van der Waals surface area contributed by atoms with Gasteiger partial charge in [0.25, 0.3) is 5.91 Å². The van der Waals surface area contributed by atoms with Crippen LogP contribution in [0.5, 0.6) is 5.75 Å². The molecule has 0 aliphatic carbocycles. The summed E-state index contributed by atoms with van der Waals surface area (Å²) in [6.45, 7) is 2.46. The highest BCUT2D eigenvalue weighted by molar-refractivity contribution is 6.31. The first-order valence-corrected chi connectivity index (χ1v) is 9.77. The third-order valence-electron chi connectivity index (χ3n) is 4.37. The van der Waals surface area contributed by atoms with E-state index in [9.17, 15) is 9.18 Å². The third kappa shape index (κ3) is 5.29. The number of aryl methyl sites for hydroxylation is 1. The molecule has 2 aromatic carbocycles. The van der Waals surface area contributed by atoms with Crippen molar-refractivity contribution in [3.63, 3.8) is 0 Å². The van der Waals surface area contributed by atoms with E-state index in [0.29, 0.717) is 11.3 Å². The molecule has 9 heteroatoms. The van der Waals surface area contributed by atoms with Crippen LogP contribution in [0.15, 0.2) is 65.3 Å². The van der Waals surface area contributed by atoms with E-state index >= 15 is 0 Å². The van der Waals surface area contributed by atoms with Crippen LogP contribution in [0.4, 0.5) is 10.3 Å². The van der Waals surface area contributed by atoms with E-state index in [4.69, 9.17) is 20.8 Å². The summed E-state index contributed by atoms with van der Waals surface area (Å²) < 4.78 is 25.9. The maximum absolute atomic E-state index is 13.2. The summed E-state index contributed by atoms with van der Waals surface area (Å²) in [5.74, 6) is 0.550. The average Bonchev–Trinajstić information content (AvgIpc) is 3.38. The van der Waals surface area contributed by atoms with Gasteiger partial charge in [0.15, 0.2) is 5.76 Å². The van der Waals surface area contributed by atoms with Crippen LogP contribution in [-0.4, -0.2) is 20.7 Å². The van der Waals surface area contributed by atoms with E-state index in [1.807, 2.05) is 31.2 Å². The van der Waals surface area contributed by atoms with Gasteiger partial charge in [0.1, 0.15) is 30.3 Å². The smallest absolute Gasteiger partial charge is 0.293 e. The van der Waals surface area contributed by atoms with Gasteiger partial charge in [-0.25, -0.2) is 14.1 Å². The van der Waals surface area contributed by atoms with Gasteiger partial charge in [0.2, 0.25) is 5.95 Å². The van der Waals surface area contributed by atoms with Crippen molar-refractivity contribution < 1.29 is 18.3 Å². The summed E-state index contributed by atoms with van der Waals surface area (Å²) in [5, 5.41) is 7.04. The van der Waals surface area contributed by atoms with Crippen molar-refractivity contribution in [2.45, 2.75) is 20.1 Å². The summed E-state index contributed by atoms with van der Waals surface area (Å²) in [7, 11) is 0. The number of ether oxygens (including phenoxy) is 1. The first kappa shape index (κ1) is 20.6. The van der Waals surface area contributed by atoms with Gasteiger partial charge in [-0.3, -0.25) is 10.1 Å². The minimum atomic E-state index is -0.487. The topological polar surface area (TPSA) is 82.2 Å². The monoisotopic (exact) mass is 440 g/mol. The van der Waals surface area contributed by atoms with Crippen LogP contribution < -0.4 is 10.1 Å². The third-order valence-corrected chi connectivity index (χ3v) is 4.72. The second-order valence-corrected chi connectivity index (χ2v) is 7.23. The van der Waals surface area contributed by atoms with Gasteiger partial charge in [-0.15, -0.1) is 5.10 Å². The van der Waals surface area contributed by atoms with Crippen LogP contribution >= 0.6 is 11.6 Å². The molecule has 4 aromatic rings. The number of carbonyl (C=O) groups excluding carboxylic acids is 1. The molecular formula is C22H18ClFN4O3. The zero-order chi connectivity index (χ0) is 21.8. The van der Waals surface area contributed by atoms with Gasteiger partial charge in [0, 0.05) is 5.02 Å². The zero-order valence-corrected chi connectivity index (χ0v) is 17.3. The Morgan fingerprint density at radius 2 is 2.10 bits per heavy atom. The van der Waals surface area contributed by atoms with Crippen molar-refractivity contribution >= 4 is 23.5 Å². The number of benzene rings is 2. The largest absolute Gasteiger partial charge is 0.486 e. The minimum Gasteiger partial charge on any atom is -0.486 e. The fraction of sp³-hybridized carbons (Fsp3) is 0.136. The number of furan rings is 1. The highest BCUT2D eigenvalue weighted by Gasteiger charge is 2.14. The maximum Gasteiger partial charge on any atom is 0.293 e. The Morgan fingerprint density at radius 1 is 1.23 bits per heavy atom. The fourth-order valence-electron chi connectivity index (χ4n) is 2.85. The molecule has 2 aromatic heterocycles. The molecular weight excluding hydrogens is 423 g/mol. The summed E-state index contributed by atoms with van der Waals surface area (Å²) in [6.07, 6.45) is 1.44. The molecule has 0 saturated carbocycles. The molecule has 7 nitrogen and oxygen atoms in total. The zero-order valence-electron chi connectivity index (χ0n) is 16.5. The number of anilines is 1. The van der Waals surface area contributed by atoms with Crippen molar-refractivity contribution in [1.29, 1.82) is 0 Å². The second-order valence-electron chi connectivity index (χ2n) is 6.83. The normalized spacial score (nSPS) is 10.8. The molecule has 1 amide bonds.